The highest BCUT2D eigenvalue weighted by atomic mass is 16.3. The Labute approximate surface area is 146 Å². The van der Waals surface area contributed by atoms with Gasteiger partial charge < -0.3 is 10.4 Å². The summed E-state index contributed by atoms with van der Waals surface area (Å²) in [5.41, 5.74) is 2.34. The number of nitrogens with one attached hydrogen (secondary N) is 1. The summed E-state index contributed by atoms with van der Waals surface area (Å²) < 4.78 is 1.59. The predicted octanol–water partition coefficient (Wildman–Crippen LogP) is 2.29. The van der Waals surface area contributed by atoms with Gasteiger partial charge in [-0.2, -0.15) is 5.10 Å². The summed E-state index contributed by atoms with van der Waals surface area (Å²) in [4.78, 5) is 16.8. The van der Waals surface area contributed by atoms with Crippen molar-refractivity contribution in [3.8, 4) is 5.82 Å². The minimum Gasteiger partial charge on any atom is -0.394 e. The first-order valence-corrected chi connectivity index (χ1v) is 8.19. The van der Waals surface area contributed by atoms with Crippen LogP contribution in [0.2, 0.25) is 0 Å². The molecule has 0 saturated carbocycles. The fraction of sp³-hybridized carbons (Fsp3) is 0.211. The number of pyridine rings is 1. The number of rotatable bonds is 6. The average Bonchev–Trinajstić information content (AvgIpc) is 3.21. The Morgan fingerprint density at radius 3 is 2.64 bits per heavy atom. The summed E-state index contributed by atoms with van der Waals surface area (Å²) in [5.74, 6) is 0.220. The minimum absolute atomic E-state index is 0.184. The molecule has 6 nitrogen and oxygen atoms in total. The van der Waals surface area contributed by atoms with Crippen LogP contribution in [-0.4, -0.2) is 32.4 Å². The number of hydrogen-bond donors (Lipinski definition) is 2. The second-order valence-electron chi connectivity index (χ2n) is 5.64. The molecule has 1 atom stereocenters. The van der Waals surface area contributed by atoms with Gasteiger partial charge in [-0.3, -0.25) is 4.79 Å². The molecule has 2 aromatic heterocycles. The maximum absolute atomic E-state index is 12.5. The lowest BCUT2D eigenvalue weighted by molar-refractivity contribution is 0.0911. The van der Waals surface area contributed by atoms with Crippen molar-refractivity contribution in [1.29, 1.82) is 0 Å². The number of aliphatic hydroxyl groups is 1. The lowest BCUT2D eigenvalue weighted by Crippen LogP contribution is -2.31. The molecule has 0 aliphatic heterocycles. The zero-order valence-electron chi connectivity index (χ0n) is 14.0. The molecular weight excluding hydrogens is 316 g/mol. The van der Waals surface area contributed by atoms with Gasteiger partial charge in [0.05, 0.1) is 12.6 Å². The van der Waals surface area contributed by atoms with Crippen molar-refractivity contribution < 1.29 is 9.90 Å². The molecule has 128 valence electrons. The van der Waals surface area contributed by atoms with Gasteiger partial charge >= 0.3 is 0 Å². The fourth-order valence-electron chi connectivity index (χ4n) is 2.53. The van der Waals surface area contributed by atoms with Crippen molar-refractivity contribution in [3.63, 3.8) is 0 Å². The van der Waals surface area contributed by atoms with Crippen molar-refractivity contribution in [2.45, 2.75) is 19.4 Å². The van der Waals surface area contributed by atoms with Crippen LogP contribution in [0.4, 0.5) is 0 Å². The maximum atomic E-state index is 12.5. The lowest BCUT2D eigenvalue weighted by Gasteiger charge is -2.17. The number of hydrogen-bond acceptors (Lipinski definition) is 4. The van der Waals surface area contributed by atoms with Crippen LogP contribution in [0.15, 0.2) is 60.9 Å². The van der Waals surface area contributed by atoms with Crippen LogP contribution in [0.25, 0.3) is 5.82 Å². The van der Waals surface area contributed by atoms with Gasteiger partial charge in [0.1, 0.15) is 5.69 Å². The van der Waals surface area contributed by atoms with Crippen molar-refractivity contribution in [2.75, 3.05) is 6.61 Å². The van der Waals surface area contributed by atoms with Gasteiger partial charge in [0, 0.05) is 12.4 Å². The molecule has 0 aliphatic carbocycles. The third kappa shape index (κ3) is 3.92. The summed E-state index contributed by atoms with van der Waals surface area (Å²) in [6.45, 7) is 1.90. The zero-order valence-corrected chi connectivity index (χ0v) is 14.0. The van der Waals surface area contributed by atoms with Crippen LogP contribution in [-0.2, 0) is 6.42 Å². The molecular formula is C19H20N4O2. The van der Waals surface area contributed by atoms with Crippen LogP contribution < -0.4 is 5.32 Å². The largest absolute Gasteiger partial charge is 0.394 e. The number of aromatic nitrogens is 3. The molecule has 1 unspecified atom stereocenters. The Bertz CT molecular complexity index is 829. The SMILES string of the molecule is CCc1ccc(C(CO)NC(=O)c2cccc(-n3cccn3)n2)cc1. The summed E-state index contributed by atoms with van der Waals surface area (Å²) in [5, 5.41) is 16.6. The van der Waals surface area contributed by atoms with Gasteiger partial charge in [0.15, 0.2) is 5.82 Å². The molecule has 6 heteroatoms. The number of aryl methyl sites for hydroxylation is 1. The van der Waals surface area contributed by atoms with E-state index < -0.39 is 6.04 Å². The maximum Gasteiger partial charge on any atom is 0.270 e. The van der Waals surface area contributed by atoms with E-state index in [0.717, 1.165) is 12.0 Å². The molecule has 0 bridgehead atoms. The first-order chi connectivity index (χ1) is 12.2. The highest BCUT2D eigenvalue weighted by molar-refractivity contribution is 5.92. The molecule has 2 heterocycles. The van der Waals surface area contributed by atoms with Crippen LogP contribution in [0.3, 0.4) is 0 Å². The van der Waals surface area contributed by atoms with E-state index in [2.05, 4.69) is 22.3 Å². The molecule has 1 amide bonds. The van der Waals surface area contributed by atoms with Crippen LogP contribution in [0.5, 0.6) is 0 Å². The molecule has 0 radical (unpaired) electrons. The zero-order chi connectivity index (χ0) is 17.6. The topological polar surface area (TPSA) is 80.0 Å². The molecule has 2 N–H and O–H groups in total. The minimum atomic E-state index is -0.478. The number of carbonyl (C=O) groups excluding carboxylic acids is 1. The standard InChI is InChI=1S/C19H20N4O2/c1-2-14-7-9-15(10-8-14)17(13-24)22-19(25)16-5-3-6-18(21-16)23-12-4-11-20-23/h3-12,17,24H,2,13H2,1H3,(H,22,25). The highest BCUT2D eigenvalue weighted by Crippen LogP contribution is 2.15. The van der Waals surface area contributed by atoms with Gasteiger partial charge in [-0.25, -0.2) is 9.67 Å². The smallest absolute Gasteiger partial charge is 0.270 e. The van der Waals surface area contributed by atoms with Crippen molar-refractivity contribution in [2.24, 2.45) is 0 Å². The Morgan fingerprint density at radius 1 is 1.20 bits per heavy atom. The third-order valence-electron chi connectivity index (χ3n) is 3.98. The van der Waals surface area contributed by atoms with E-state index in [1.54, 1.807) is 41.3 Å². The number of aliphatic hydroxyl groups excluding tert-OH is 1. The Balaban J connectivity index is 1.77. The second kappa shape index (κ2) is 7.72. The quantitative estimate of drug-likeness (QED) is 0.724. The Morgan fingerprint density at radius 2 is 2.00 bits per heavy atom. The summed E-state index contributed by atoms with van der Waals surface area (Å²) in [7, 11) is 0. The van der Waals surface area contributed by atoms with Crippen LogP contribution in [0.1, 0.15) is 34.6 Å². The van der Waals surface area contributed by atoms with Crippen molar-refractivity contribution in [1.82, 2.24) is 20.1 Å². The van der Waals surface area contributed by atoms with Gasteiger partial charge in [0.25, 0.3) is 5.91 Å². The third-order valence-corrected chi connectivity index (χ3v) is 3.98. The number of benzene rings is 1. The van der Waals surface area contributed by atoms with E-state index in [4.69, 9.17) is 0 Å². The molecule has 0 fully saturated rings. The van der Waals surface area contributed by atoms with Crippen molar-refractivity contribution >= 4 is 5.91 Å². The Kier molecular flexibility index (Phi) is 5.20. The molecule has 3 rings (SSSR count). The average molecular weight is 336 g/mol. The van der Waals surface area contributed by atoms with E-state index in [9.17, 15) is 9.90 Å². The molecule has 25 heavy (non-hydrogen) atoms. The fourth-order valence-corrected chi connectivity index (χ4v) is 2.53. The molecule has 0 saturated heterocycles. The van der Waals surface area contributed by atoms with Gasteiger partial charge in [0.2, 0.25) is 0 Å². The molecule has 0 aliphatic rings. The van der Waals surface area contributed by atoms with E-state index in [1.165, 1.54) is 5.56 Å². The first kappa shape index (κ1) is 16.9. The van der Waals surface area contributed by atoms with Gasteiger partial charge in [-0.05, 0) is 35.7 Å². The van der Waals surface area contributed by atoms with Crippen molar-refractivity contribution in [3.05, 3.63) is 77.7 Å². The number of carbonyl (C=O) groups is 1. The normalized spacial score (nSPS) is 11.9. The second-order valence-corrected chi connectivity index (χ2v) is 5.64. The molecule has 1 aromatic carbocycles. The van der Waals surface area contributed by atoms with Crippen LogP contribution >= 0.6 is 0 Å². The summed E-state index contributed by atoms with van der Waals surface area (Å²) in [6.07, 6.45) is 4.35. The van der Waals surface area contributed by atoms with Gasteiger partial charge in [-0.15, -0.1) is 0 Å². The first-order valence-electron chi connectivity index (χ1n) is 8.19. The van der Waals surface area contributed by atoms with E-state index in [-0.39, 0.29) is 18.2 Å². The molecule has 3 aromatic rings. The van der Waals surface area contributed by atoms with E-state index >= 15 is 0 Å². The number of nitrogens with zero attached hydrogens (tertiary/aromatic N) is 3. The highest BCUT2D eigenvalue weighted by Gasteiger charge is 2.16. The molecule has 0 spiro atoms. The lowest BCUT2D eigenvalue weighted by atomic mass is 10.0. The predicted molar refractivity (Wildman–Crippen MR) is 94.5 cm³/mol. The monoisotopic (exact) mass is 336 g/mol. The van der Waals surface area contributed by atoms with E-state index in [1.807, 2.05) is 24.3 Å². The number of amides is 1. The summed E-state index contributed by atoms with van der Waals surface area (Å²) in [6, 6.07) is 14.3. The van der Waals surface area contributed by atoms with Gasteiger partial charge in [-0.1, -0.05) is 37.3 Å². The van der Waals surface area contributed by atoms with Crippen LogP contribution in [0, 0.1) is 0 Å². The van der Waals surface area contributed by atoms with E-state index in [0.29, 0.717) is 5.82 Å². The Hall–Kier alpha value is -2.99. The summed E-state index contributed by atoms with van der Waals surface area (Å²) >= 11 is 0.